The van der Waals surface area contributed by atoms with Crippen molar-refractivity contribution >= 4 is 5.91 Å². The average molecular weight is 338 g/mol. The summed E-state index contributed by atoms with van der Waals surface area (Å²) in [6.07, 6.45) is 2.61. The Balaban J connectivity index is 1.48. The third kappa shape index (κ3) is 4.35. The van der Waals surface area contributed by atoms with Crippen molar-refractivity contribution in [2.75, 3.05) is 6.54 Å². The van der Waals surface area contributed by atoms with Crippen LogP contribution in [0.4, 0.5) is 0 Å². The third-order valence-electron chi connectivity index (χ3n) is 4.12. The van der Waals surface area contributed by atoms with Gasteiger partial charge in [-0.3, -0.25) is 9.89 Å². The number of aromatic nitrogens is 3. The predicted octanol–water partition coefficient (Wildman–Crippen LogP) is 3.09. The highest BCUT2D eigenvalue weighted by Crippen LogP contribution is 2.26. The van der Waals surface area contributed by atoms with Gasteiger partial charge in [-0.15, -0.1) is 0 Å². The maximum absolute atomic E-state index is 12.2. The first kappa shape index (κ1) is 17.0. The summed E-state index contributed by atoms with van der Waals surface area (Å²) in [4.78, 5) is 16.6. The van der Waals surface area contributed by atoms with Gasteiger partial charge in [0.05, 0.1) is 6.26 Å². The summed E-state index contributed by atoms with van der Waals surface area (Å²) in [5, 5.41) is 9.93. The molecule has 2 heterocycles. The molecule has 0 unspecified atom stereocenters. The number of hydrogen-bond acceptors (Lipinski definition) is 4. The molecule has 6 nitrogen and oxygen atoms in total. The molecule has 2 N–H and O–H groups in total. The summed E-state index contributed by atoms with van der Waals surface area (Å²) < 4.78 is 5.26. The van der Waals surface area contributed by atoms with Crippen molar-refractivity contribution in [1.82, 2.24) is 20.5 Å². The topological polar surface area (TPSA) is 83.8 Å². The van der Waals surface area contributed by atoms with Gasteiger partial charge in [0.1, 0.15) is 5.82 Å². The zero-order valence-electron chi connectivity index (χ0n) is 14.5. The lowest BCUT2D eigenvalue weighted by Crippen LogP contribution is -2.32. The molecule has 130 valence electrons. The van der Waals surface area contributed by atoms with E-state index in [9.17, 15) is 4.79 Å². The number of carbonyl (C=O) groups excluding carboxylic acids is 1. The fourth-order valence-corrected chi connectivity index (χ4v) is 2.70. The van der Waals surface area contributed by atoms with Gasteiger partial charge in [-0.2, -0.15) is 5.10 Å². The molecule has 6 heteroatoms. The highest BCUT2D eigenvalue weighted by atomic mass is 16.3. The van der Waals surface area contributed by atoms with Crippen LogP contribution < -0.4 is 5.32 Å². The zero-order chi connectivity index (χ0) is 17.7. The first-order valence-corrected chi connectivity index (χ1v) is 8.32. The van der Waals surface area contributed by atoms with E-state index in [0.29, 0.717) is 36.8 Å². The molecule has 0 aliphatic rings. The van der Waals surface area contributed by atoms with Gasteiger partial charge in [0, 0.05) is 19.4 Å². The summed E-state index contributed by atoms with van der Waals surface area (Å²) in [6.45, 7) is 4.67. The Bertz CT molecular complexity index is 807. The standard InChI is InChI=1S/C19H22N4O2/c1-19(2,14-7-4-3-5-8-14)13-17(24)20-11-10-16-21-18(23-22-16)15-9-6-12-25-15/h3-9,12H,10-11,13H2,1-2H3,(H,20,24)(H,21,22,23). The van der Waals surface area contributed by atoms with Crippen molar-refractivity contribution in [1.29, 1.82) is 0 Å². The Kier molecular flexibility index (Phi) is 4.97. The summed E-state index contributed by atoms with van der Waals surface area (Å²) in [6, 6.07) is 13.7. The summed E-state index contributed by atoms with van der Waals surface area (Å²) in [5.74, 6) is 1.89. The smallest absolute Gasteiger partial charge is 0.220 e. The van der Waals surface area contributed by atoms with Crippen molar-refractivity contribution in [3.8, 4) is 11.6 Å². The monoisotopic (exact) mass is 338 g/mol. The van der Waals surface area contributed by atoms with E-state index in [1.165, 1.54) is 0 Å². The molecule has 0 spiro atoms. The van der Waals surface area contributed by atoms with Crippen LogP contribution in [0, 0.1) is 0 Å². The minimum absolute atomic E-state index is 0.0274. The second-order valence-electron chi connectivity index (χ2n) is 6.61. The lowest BCUT2D eigenvalue weighted by atomic mass is 9.81. The van der Waals surface area contributed by atoms with Crippen molar-refractivity contribution in [2.24, 2.45) is 0 Å². The van der Waals surface area contributed by atoms with Crippen LogP contribution in [0.5, 0.6) is 0 Å². The summed E-state index contributed by atoms with van der Waals surface area (Å²) in [7, 11) is 0. The highest BCUT2D eigenvalue weighted by molar-refractivity contribution is 5.77. The van der Waals surface area contributed by atoms with E-state index < -0.39 is 0 Å². The number of aromatic amines is 1. The molecule has 0 bridgehead atoms. The number of rotatable bonds is 7. The van der Waals surface area contributed by atoms with Gasteiger partial charge in [0.15, 0.2) is 5.76 Å². The Morgan fingerprint density at radius 2 is 2.00 bits per heavy atom. The molecule has 3 aromatic rings. The van der Waals surface area contributed by atoms with Gasteiger partial charge in [-0.1, -0.05) is 44.2 Å². The van der Waals surface area contributed by atoms with Crippen molar-refractivity contribution in [3.05, 3.63) is 60.1 Å². The van der Waals surface area contributed by atoms with E-state index in [-0.39, 0.29) is 11.3 Å². The molecule has 0 saturated carbocycles. The van der Waals surface area contributed by atoms with E-state index >= 15 is 0 Å². The Labute approximate surface area is 146 Å². The molecule has 0 fully saturated rings. The molecule has 1 amide bonds. The maximum atomic E-state index is 12.2. The van der Waals surface area contributed by atoms with E-state index in [4.69, 9.17) is 4.42 Å². The number of nitrogens with zero attached hydrogens (tertiary/aromatic N) is 2. The van der Waals surface area contributed by atoms with E-state index in [2.05, 4.69) is 46.5 Å². The number of nitrogens with one attached hydrogen (secondary N) is 2. The average Bonchev–Trinajstić information content (AvgIpc) is 3.26. The van der Waals surface area contributed by atoms with Crippen LogP contribution in [0.15, 0.2) is 53.1 Å². The first-order chi connectivity index (χ1) is 12.0. The molecular formula is C19H22N4O2. The van der Waals surface area contributed by atoms with Gasteiger partial charge in [-0.25, -0.2) is 4.98 Å². The second kappa shape index (κ2) is 7.34. The second-order valence-corrected chi connectivity index (χ2v) is 6.61. The number of H-pyrrole nitrogens is 1. The SMILES string of the molecule is CC(C)(CC(=O)NCCc1nc(-c2ccco2)n[nH]1)c1ccccc1. The number of amides is 1. The minimum Gasteiger partial charge on any atom is -0.461 e. The molecule has 1 aromatic carbocycles. The van der Waals surface area contributed by atoms with Gasteiger partial charge < -0.3 is 9.73 Å². The van der Waals surface area contributed by atoms with E-state index in [1.807, 2.05) is 18.2 Å². The van der Waals surface area contributed by atoms with Gasteiger partial charge in [0.25, 0.3) is 0 Å². The normalized spacial score (nSPS) is 11.4. The Morgan fingerprint density at radius 3 is 2.72 bits per heavy atom. The summed E-state index contributed by atoms with van der Waals surface area (Å²) >= 11 is 0. The minimum atomic E-state index is -0.204. The predicted molar refractivity (Wildman–Crippen MR) is 94.9 cm³/mol. The van der Waals surface area contributed by atoms with Crippen LogP contribution in [0.3, 0.4) is 0 Å². The molecule has 2 aromatic heterocycles. The maximum Gasteiger partial charge on any atom is 0.220 e. The lowest BCUT2D eigenvalue weighted by Gasteiger charge is -2.24. The molecular weight excluding hydrogens is 316 g/mol. The number of furan rings is 1. The molecule has 25 heavy (non-hydrogen) atoms. The molecule has 0 atom stereocenters. The Hall–Kier alpha value is -2.89. The van der Waals surface area contributed by atoms with Crippen molar-refractivity contribution < 1.29 is 9.21 Å². The number of hydrogen-bond donors (Lipinski definition) is 2. The van der Waals surface area contributed by atoms with Crippen LogP contribution >= 0.6 is 0 Å². The van der Waals surface area contributed by atoms with Crippen LogP contribution in [-0.4, -0.2) is 27.6 Å². The Morgan fingerprint density at radius 1 is 1.20 bits per heavy atom. The first-order valence-electron chi connectivity index (χ1n) is 8.32. The zero-order valence-corrected chi connectivity index (χ0v) is 14.5. The van der Waals surface area contributed by atoms with Crippen molar-refractivity contribution in [2.45, 2.75) is 32.1 Å². The third-order valence-corrected chi connectivity index (χ3v) is 4.12. The van der Waals surface area contributed by atoms with Gasteiger partial charge in [-0.05, 0) is 23.1 Å². The molecule has 0 saturated heterocycles. The van der Waals surface area contributed by atoms with E-state index in [1.54, 1.807) is 18.4 Å². The van der Waals surface area contributed by atoms with Gasteiger partial charge in [0.2, 0.25) is 11.7 Å². The molecule has 3 rings (SSSR count). The van der Waals surface area contributed by atoms with Crippen LogP contribution in [-0.2, 0) is 16.6 Å². The molecule has 0 radical (unpaired) electrons. The van der Waals surface area contributed by atoms with Crippen LogP contribution in [0.1, 0.15) is 31.7 Å². The van der Waals surface area contributed by atoms with Crippen LogP contribution in [0.2, 0.25) is 0 Å². The quantitative estimate of drug-likeness (QED) is 0.693. The lowest BCUT2D eigenvalue weighted by molar-refractivity contribution is -0.122. The fourth-order valence-electron chi connectivity index (χ4n) is 2.70. The summed E-state index contributed by atoms with van der Waals surface area (Å²) in [5.41, 5.74) is 0.952. The fraction of sp³-hybridized carbons (Fsp3) is 0.316. The van der Waals surface area contributed by atoms with E-state index in [0.717, 1.165) is 5.56 Å². The van der Waals surface area contributed by atoms with Gasteiger partial charge >= 0.3 is 0 Å². The molecule has 0 aliphatic carbocycles. The largest absolute Gasteiger partial charge is 0.461 e. The number of benzene rings is 1. The van der Waals surface area contributed by atoms with Crippen molar-refractivity contribution in [3.63, 3.8) is 0 Å². The molecule has 0 aliphatic heterocycles. The van der Waals surface area contributed by atoms with Crippen LogP contribution in [0.25, 0.3) is 11.6 Å². The number of carbonyl (C=O) groups is 1. The highest BCUT2D eigenvalue weighted by Gasteiger charge is 2.23.